The smallest absolute Gasteiger partial charge is 0.404 e. The Morgan fingerprint density at radius 3 is 2.65 bits per heavy atom. The minimum atomic E-state index is -0.832. The van der Waals surface area contributed by atoms with Crippen LogP contribution in [0.15, 0.2) is 12.3 Å². The molecule has 0 aliphatic rings. The Labute approximate surface area is 128 Å². The quantitative estimate of drug-likeness (QED) is 0.840. The summed E-state index contributed by atoms with van der Waals surface area (Å²) in [4.78, 5) is 14.7. The molecule has 1 aromatic rings. The van der Waals surface area contributed by atoms with Crippen molar-refractivity contribution in [2.75, 3.05) is 6.61 Å². The van der Waals surface area contributed by atoms with Crippen molar-refractivity contribution in [1.29, 1.82) is 0 Å². The molecule has 1 aromatic heterocycles. The van der Waals surface area contributed by atoms with Crippen LogP contribution < -0.4 is 10.5 Å². The van der Waals surface area contributed by atoms with Crippen molar-refractivity contribution in [3.63, 3.8) is 0 Å². The van der Waals surface area contributed by atoms with Gasteiger partial charge in [0.1, 0.15) is 28.6 Å². The fraction of sp³-hybridized carbons (Fsp3) is 0.538. The Morgan fingerprint density at radius 2 is 2.10 bits per heavy atom. The zero-order chi connectivity index (χ0) is 15.3. The van der Waals surface area contributed by atoms with Crippen molar-refractivity contribution in [2.24, 2.45) is 11.1 Å². The summed E-state index contributed by atoms with van der Waals surface area (Å²) < 4.78 is 10.6. The molecule has 0 bridgehead atoms. The second-order valence-corrected chi connectivity index (χ2v) is 6.37. The van der Waals surface area contributed by atoms with Gasteiger partial charge in [-0.2, -0.15) is 0 Å². The van der Waals surface area contributed by atoms with E-state index < -0.39 is 12.2 Å². The van der Waals surface area contributed by atoms with Gasteiger partial charge in [-0.25, -0.2) is 9.78 Å². The highest BCUT2D eigenvalue weighted by atomic mass is 35.5. The van der Waals surface area contributed by atoms with Crippen LogP contribution in [0.1, 0.15) is 27.2 Å². The summed E-state index contributed by atoms with van der Waals surface area (Å²) in [5.41, 5.74) is 5.02. The lowest BCUT2D eigenvalue weighted by Crippen LogP contribution is -2.31. The third-order valence-electron chi connectivity index (χ3n) is 2.33. The third-order valence-corrected chi connectivity index (χ3v) is 2.82. The molecule has 1 amide bonds. The normalized spacial score (nSPS) is 12.8. The van der Waals surface area contributed by atoms with Crippen molar-refractivity contribution in [2.45, 2.75) is 33.3 Å². The van der Waals surface area contributed by atoms with E-state index in [0.29, 0.717) is 17.2 Å². The van der Waals surface area contributed by atoms with E-state index in [1.165, 1.54) is 12.3 Å². The minimum Gasteiger partial charge on any atom is -0.488 e. The van der Waals surface area contributed by atoms with Crippen LogP contribution in [0.3, 0.4) is 0 Å². The lowest BCUT2D eigenvalue weighted by molar-refractivity contribution is 0.0464. The number of ether oxygens (including phenoxy) is 2. The molecule has 0 saturated carbocycles. The van der Waals surface area contributed by atoms with Gasteiger partial charge in [0.2, 0.25) is 0 Å². The first kappa shape index (κ1) is 16.9. The number of nitrogens with two attached hydrogens (primary N) is 1. The highest BCUT2D eigenvalue weighted by Crippen LogP contribution is 2.27. The number of rotatable bonds is 5. The maximum Gasteiger partial charge on any atom is 0.404 e. The van der Waals surface area contributed by atoms with Crippen LogP contribution in [-0.2, 0) is 4.74 Å². The van der Waals surface area contributed by atoms with Crippen LogP contribution in [0.4, 0.5) is 4.79 Å². The largest absolute Gasteiger partial charge is 0.488 e. The molecular formula is C13H18Cl2N2O3. The predicted octanol–water partition coefficient (Wildman–Crippen LogP) is 3.67. The molecule has 0 fully saturated rings. The zero-order valence-electron chi connectivity index (χ0n) is 11.7. The Kier molecular flexibility index (Phi) is 5.89. The molecule has 20 heavy (non-hydrogen) atoms. The molecule has 0 aliphatic heterocycles. The van der Waals surface area contributed by atoms with Gasteiger partial charge in [-0.3, -0.25) is 0 Å². The van der Waals surface area contributed by atoms with Crippen molar-refractivity contribution in [3.05, 3.63) is 22.4 Å². The second kappa shape index (κ2) is 6.99. The minimum absolute atomic E-state index is 0.0385. The molecule has 0 saturated heterocycles. The van der Waals surface area contributed by atoms with Crippen molar-refractivity contribution >= 4 is 29.3 Å². The SMILES string of the molecule is CC(C)(C)CC(COc1cc(Cl)ncc1Cl)OC(N)=O. The van der Waals surface area contributed by atoms with E-state index in [1.54, 1.807) is 0 Å². The van der Waals surface area contributed by atoms with Gasteiger partial charge in [-0.05, 0) is 11.8 Å². The number of aromatic nitrogens is 1. The number of amides is 1. The van der Waals surface area contributed by atoms with Gasteiger partial charge >= 0.3 is 6.09 Å². The fourth-order valence-corrected chi connectivity index (χ4v) is 1.98. The van der Waals surface area contributed by atoms with E-state index in [4.69, 9.17) is 38.4 Å². The van der Waals surface area contributed by atoms with Crippen LogP contribution in [0.2, 0.25) is 10.2 Å². The van der Waals surface area contributed by atoms with Gasteiger partial charge in [0.25, 0.3) is 0 Å². The molecule has 1 heterocycles. The second-order valence-electron chi connectivity index (χ2n) is 5.57. The average molecular weight is 321 g/mol. The molecule has 1 unspecified atom stereocenters. The Bertz CT molecular complexity index is 475. The van der Waals surface area contributed by atoms with Gasteiger partial charge in [-0.15, -0.1) is 0 Å². The summed E-state index contributed by atoms with van der Waals surface area (Å²) in [5.74, 6) is 0.388. The van der Waals surface area contributed by atoms with E-state index in [1.807, 2.05) is 20.8 Å². The van der Waals surface area contributed by atoms with E-state index >= 15 is 0 Å². The van der Waals surface area contributed by atoms with Crippen LogP contribution in [0.25, 0.3) is 0 Å². The van der Waals surface area contributed by atoms with Gasteiger partial charge in [0.15, 0.2) is 0 Å². The first-order valence-electron chi connectivity index (χ1n) is 6.07. The Balaban J connectivity index is 2.70. The summed E-state index contributed by atoms with van der Waals surface area (Å²) in [5, 5.41) is 0.607. The maximum absolute atomic E-state index is 10.9. The maximum atomic E-state index is 10.9. The number of hydrogen-bond donors (Lipinski definition) is 1. The molecular weight excluding hydrogens is 303 g/mol. The zero-order valence-corrected chi connectivity index (χ0v) is 13.2. The van der Waals surface area contributed by atoms with Gasteiger partial charge in [0, 0.05) is 6.07 Å². The van der Waals surface area contributed by atoms with Crippen LogP contribution in [0.5, 0.6) is 5.75 Å². The molecule has 0 aromatic carbocycles. The standard InChI is InChI=1S/C13H18Cl2N2O3/c1-13(2,3)5-8(20-12(16)18)7-19-10-4-11(15)17-6-9(10)14/h4,6,8H,5,7H2,1-3H3,(H2,16,18). The average Bonchev–Trinajstić information content (AvgIpc) is 2.27. The summed E-state index contributed by atoms with van der Waals surface area (Å²) >= 11 is 11.7. The fourth-order valence-electron chi connectivity index (χ4n) is 1.67. The number of carbonyl (C=O) groups is 1. The molecule has 0 spiro atoms. The Hall–Kier alpha value is -1.20. The summed E-state index contributed by atoms with van der Waals surface area (Å²) in [6, 6.07) is 1.50. The number of hydrogen-bond acceptors (Lipinski definition) is 4. The van der Waals surface area contributed by atoms with Gasteiger partial charge in [0.05, 0.1) is 6.20 Å². The summed E-state index contributed by atoms with van der Waals surface area (Å²) in [6.07, 6.45) is 0.705. The van der Waals surface area contributed by atoms with Crippen LogP contribution in [-0.4, -0.2) is 23.8 Å². The van der Waals surface area contributed by atoms with Crippen LogP contribution >= 0.6 is 23.2 Å². The number of primary amides is 1. The molecule has 2 N–H and O–H groups in total. The lowest BCUT2D eigenvalue weighted by Gasteiger charge is -2.25. The van der Waals surface area contributed by atoms with Crippen molar-refractivity contribution < 1.29 is 14.3 Å². The number of nitrogens with zero attached hydrogens (tertiary/aromatic N) is 1. The van der Waals surface area contributed by atoms with Crippen molar-refractivity contribution in [1.82, 2.24) is 4.98 Å². The van der Waals surface area contributed by atoms with Gasteiger partial charge in [-0.1, -0.05) is 44.0 Å². The molecule has 1 rings (SSSR count). The number of pyridine rings is 1. The summed E-state index contributed by atoms with van der Waals surface area (Å²) in [6.45, 7) is 6.22. The Morgan fingerprint density at radius 1 is 1.45 bits per heavy atom. The number of halogens is 2. The first-order chi connectivity index (χ1) is 9.17. The molecule has 0 radical (unpaired) electrons. The summed E-state index contributed by atoms with van der Waals surface area (Å²) in [7, 11) is 0. The van der Waals surface area contributed by atoms with E-state index in [-0.39, 0.29) is 17.2 Å². The van der Waals surface area contributed by atoms with Crippen molar-refractivity contribution in [3.8, 4) is 5.75 Å². The topological polar surface area (TPSA) is 74.4 Å². The van der Waals surface area contributed by atoms with Crippen LogP contribution in [0, 0.1) is 5.41 Å². The predicted molar refractivity (Wildman–Crippen MR) is 78.3 cm³/mol. The number of carbonyl (C=O) groups excluding carboxylic acids is 1. The van der Waals surface area contributed by atoms with E-state index in [2.05, 4.69) is 4.98 Å². The molecule has 1 atom stereocenters. The van der Waals surface area contributed by atoms with E-state index in [0.717, 1.165) is 0 Å². The van der Waals surface area contributed by atoms with Gasteiger partial charge < -0.3 is 15.2 Å². The van der Waals surface area contributed by atoms with E-state index in [9.17, 15) is 4.79 Å². The first-order valence-corrected chi connectivity index (χ1v) is 6.83. The lowest BCUT2D eigenvalue weighted by atomic mass is 9.89. The monoisotopic (exact) mass is 320 g/mol. The molecule has 0 aliphatic carbocycles. The molecule has 112 valence electrons. The highest BCUT2D eigenvalue weighted by Gasteiger charge is 2.22. The molecule has 7 heteroatoms. The molecule has 5 nitrogen and oxygen atoms in total. The third kappa shape index (κ3) is 6.30. The highest BCUT2D eigenvalue weighted by molar-refractivity contribution is 6.33.